The van der Waals surface area contributed by atoms with Gasteiger partial charge in [-0.25, -0.2) is 8.78 Å². The fraction of sp³-hybridized carbons (Fsp3) is 0.278. The zero-order valence-corrected chi connectivity index (χ0v) is 12.9. The van der Waals surface area contributed by atoms with Crippen molar-refractivity contribution in [2.75, 3.05) is 0 Å². The quantitative estimate of drug-likeness (QED) is 0.904. The van der Waals surface area contributed by atoms with Crippen LogP contribution in [-0.2, 0) is 10.2 Å². The maximum atomic E-state index is 13.8. The van der Waals surface area contributed by atoms with Gasteiger partial charge in [0.1, 0.15) is 11.6 Å². The lowest BCUT2D eigenvalue weighted by molar-refractivity contribution is -0.126. The SMILES string of the molecule is CC(NC(=O)C(C)(C)c1ccccc1)c1ccc(F)cc1F. The molecule has 116 valence electrons. The Hall–Kier alpha value is -2.23. The molecular formula is C18H19F2NO. The molecule has 0 aliphatic rings. The molecule has 0 saturated carbocycles. The van der Waals surface area contributed by atoms with Crippen LogP contribution in [0.1, 0.15) is 37.9 Å². The highest BCUT2D eigenvalue weighted by atomic mass is 19.1. The first-order valence-electron chi connectivity index (χ1n) is 7.14. The zero-order chi connectivity index (χ0) is 16.3. The normalized spacial score (nSPS) is 12.8. The van der Waals surface area contributed by atoms with Crippen LogP contribution in [0.3, 0.4) is 0 Å². The Morgan fingerprint density at radius 2 is 1.73 bits per heavy atom. The van der Waals surface area contributed by atoms with E-state index in [4.69, 9.17) is 0 Å². The van der Waals surface area contributed by atoms with Gasteiger partial charge in [0.25, 0.3) is 0 Å². The van der Waals surface area contributed by atoms with Crippen molar-refractivity contribution < 1.29 is 13.6 Å². The summed E-state index contributed by atoms with van der Waals surface area (Å²) in [4.78, 5) is 12.5. The molecule has 22 heavy (non-hydrogen) atoms. The number of hydrogen-bond donors (Lipinski definition) is 1. The molecule has 0 heterocycles. The van der Waals surface area contributed by atoms with E-state index in [0.29, 0.717) is 0 Å². The molecule has 2 nitrogen and oxygen atoms in total. The van der Waals surface area contributed by atoms with Gasteiger partial charge in [0.05, 0.1) is 11.5 Å². The van der Waals surface area contributed by atoms with E-state index >= 15 is 0 Å². The minimum absolute atomic E-state index is 0.213. The second kappa shape index (κ2) is 6.26. The van der Waals surface area contributed by atoms with E-state index in [2.05, 4.69) is 5.32 Å². The molecule has 0 saturated heterocycles. The Morgan fingerprint density at radius 3 is 2.32 bits per heavy atom. The molecular weight excluding hydrogens is 284 g/mol. The summed E-state index contributed by atoms with van der Waals surface area (Å²) in [6, 6.07) is 12.2. The fourth-order valence-electron chi connectivity index (χ4n) is 2.29. The second-order valence-corrected chi connectivity index (χ2v) is 5.85. The highest BCUT2D eigenvalue weighted by Gasteiger charge is 2.30. The van der Waals surface area contributed by atoms with Crippen LogP contribution < -0.4 is 5.32 Å². The minimum atomic E-state index is -0.744. The Kier molecular flexibility index (Phi) is 4.59. The van der Waals surface area contributed by atoms with Crippen LogP contribution in [0.25, 0.3) is 0 Å². The highest BCUT2D eigenvalue weighted by molar-refractivity contribution is 5.87. The summed E-state index contributed by atoms with van der Waals surface area (Å²) >= 11 is 0. The van der Waals surface area contributed by atoms with Gasteiger partial charge < -0.3 is 5.32 Å². The van der Waals surface area contributed by atoms with Crippen LogP contribution in [0.5, 0.6) is 0 Å². The van der Waals surface area contributed by atoms with E-state index in [9.17, 15) is 13.6 Å². The fourth-order valence-corrected chi connectivity index (χ4v) is 2.29. The Bertz CT molecular complexity index is 668. The topological polar surface area (TPSA) is 29.1 Å². The molecule has 0 spiro atoms. The Balaban J connectivity index is 2.17. The van der Waals surface area contributed by atoms with Gasteiger partial charge in [-0.15, -0.1) is 0 Å². The standard InChI is InChI=1S/C18H19F2NO/c1-12(15-10-9-14(19)11-16(15)20)21-17(22)18(2,3)13-7-5-4-6-8-13/h4-12H,1-3H3,(H,21,22). The van der Waals surface area contributed by atoms with E-state index in [-0.39, 0.29) is 11.5 Å². The number of carbonyl (C=O) groups is 1. The summed E-state index contributed by atoms with van der Waals surface area (Å²) in [5.74, 6) is -1.51. The molecule has 0 fully saturated rings. The van der Waals surface area contributed by atoms with Gasteiger partial charge in [-0.05, 0) is 32.4 Å². The van der Waals surface area contributed by atoms with Crippen molar-refractivity contribution >= 4 is 5.91 Å². The predicted octanol–water partition coefficient (Wildman–Crippen LogP) is 4.12. The molecule has 1 atom stereocenters. The average molecular weight is 303 g/mol. The van der Waals surface area contributed by atoms with Gasteiger partial charge in [0.2, 0.25) is 5.91 Å². The molecule has 1 unspecified atom stereocenters. The third kappa shape index (κ3) is 3.32. The third-order valence-electron chi connectivity index (χ3n) is 3.84. The van der Waals surface area contributed by atoms with E-state index in [1.54, 1.807) is 6.92 Å². The Morgan fingerprint density at radius 1 is 1.09 bits per heavy atom. The van der Waals surface area contributed by atoms with Gasteiger partial charge in [-0.2, -0.15) is 0 Å². The smallest absolute Gasteiger partial charge is 0.230 e. The molecule has 0 aliphatic heterocycles. The van der Waals surface area contributed by atoms with Gasteiger partial charge in [-0.3, -0.25) is 4.79 Å². The summed E-state index contributed by atoms with van der Waals surface area (Å²) in [6.07, 6.45) is 0. The van der Waals surface area contributed by atoms with Crippen LogP contribution in [0.2, 0.25) is 0 Å². The van der Waals surface area contributed by atoms with Crippen molar-refractivity contribution in [2.45, 2.75) is 32.2 Å². The highest BCUT2D eigenvalue weighted by Crippen LogP contribution is 2.25. The van der Waals surface area contributed by atoms with Crippen molar-refractivity contribution in [3.63, 3.8) is 0 Å². The van der Waals surface area contributed by atoms with E-state index in [0.717, 1.165) is 11.6 Å². The number of hydrogen-bond acceptors (Lipinski definition) is 1. The summed E-state index contributed by atoms with van der Waals surface area (Å²) < 4.78 is 26.7. The average Bonchev–Trinajstić information content (AvgIpc) is 2.47. The van der Waals surface area contributed by atoms with E-state index < -0.39 is 23.1 Å². The maximum absolute atomic E-state index is 13.8. The van der Waals surface area contributed by atoms with Crippen LogP contribution in [-0.4, -0.2) is 5.91 Å². The molecule has 4 heteroatoms. The lowest BCUT2D eigenvalue weighted by Crippen LogP contribution is -2.41. The van der Waals surface area contributed by atoms with E-state index in [1.807, 2.05) is 44.2 Å². The second-order valence-electron chi connectivity index (χ2n) is 5.85. The van der Waals surface area contributed by atoms with Gasteiger partial charge in [0.15, 0.2) is 0 Å². The molecule has 2 rings (SSSR count). The molecule has 1 amide bonds. The lowest BCUT2D eigenvalue weighted by Gasteiger charge is -2.26. The van der Waals surface area contributed by atoms with Gasteiger partial charge >= 0.3 is 0 Å². The molecule has 0 radical (unpaired) electrons. The predicted molar refractivity (Wildman–Crippen MR) is 82.4 cm³/mol. The molecule has 1 N–H and O–H groups in total. The van der Waals surface area contributed by atoms with Crippen molar-refractivity contribution in [2.24, 2.45) is 0 Å². The van der Waals surface area contributed by atoms with Crippen LogP contribution >= 0.6 is 0 Å². The van der Waals surface area contributed by atoms with E-state index in [1.165, 1.54) is 12.1 Å². The molecule has 2 aromatic carbocycles. The number of nitrogens with one attached hydrogen (secondary N) is 1. The minimum Gasteiger partial charge on any atom is -0.349 e. The number of halogens is 2. The first-order chi connectivity index (χ1) is 10.3. The summed E-state index contributed by atoms with van der Waals surface area (Å²) in [5, 5.41) is 2.79. The van der Waals surface area contributed by atoms with Crippen LogP contribution in [0.4, 0.5) is 8.78 Å². The molecule has 0 bridgehead atoms. The largest absolute Gasteiger partial charge is 0.349 e. The van der Waals surface area contributed by atoms with Gasteiger partial charge in [0, 0.05) is 11.6 Å². The van der Waals surface area contributed by atoms with Gasteiger partial charge in [-0.1, -0.05) is 36.4 Å². The maximum Gasteiger partial charge on any atom is 0.230 e. The zero-order valence-electron chi connectivity index (χ0n) is 12.9. The summed E-state index contributed by atoms with van der Waals surface area (Å²) in [6.45, 7) is 5.30. The Labute approximate surface area is 129 Å². The third-order valence-corrected chi connectivity index (χ3v) is 3.84. The van der Waals surface area contributed by atoms with Crippen molar-refractivity contribution in [1.29, 1.82) is 0 Å². The molecule has 2 aromatic rings. The molecule has 0 aromatic heterocycles. The molecule has 0 aliphatic carbocycles. The van der Waals surface area contributed by atoms with Crippen LogP contribution in [0.15, 0.2) is 48.5 Å². The number of rotatable bonds is 4. The van der Waals surface area contributed by atoms with Crippen molar-refractivity contribution in [3.8, 4) is 0 Å². The van der Waals surface area contributed by atoms with Crippen molar-refractivity contribution in [3.05, 3.63) is 71.3 Å². The first-order valence-corrected chi connectivity index (χ1v) is 7.14. The van der Waals surface area contributed by atoms with Crippen molar-refractivity contribution in [1.82, 2.24) is 5.32 Å². The van der Waals surface area contributed by atoms with Crippen LogP contribution in [0, 0.1) is 11.6 Å². The lowest BCUT2D eigenvalue weighted by atomic mass is 9.83. The summed E-state index contributed by atoms with van der Waals surface area (Å²) in [5.41, 5.74) is 0.393. The summed E-state index contributed by atoms with van der Waals surface area (Å²) in [7, 11) is 0. The first kappa shape index (κ1) is 16.1. The monoisotopic (exact) mass is 303 g/mol. The number of carbonyl (C=O) groups excluding carboxylic acids is 1. The number of benzene rings is 2. The number of amides is 1.